The minimum absolute atomic E-state index is 0.000207. The maximum Gasteiger partial charge on any atom is 0.328 e. The number of allylic oxidation sites excluding steroid dienone is 9. The van der Waals surface area contributed by atoms with Gasteiger partial charge < -0.3 is 30.3 Å². The summed E-state index contributed by atoms with van der Waals surface area (Å²) in [6.45, 7) is 0. The van der Waals surface area contributed by atoms with E-state index in [1.165, 1.54) is 48.6 Å². The molecular weight excluding hydrogens is 556 g/mol. The molecule has 5 N–H and O–H groups in total. The fourth-order valence-corrected chi connectivity index (χ4v) is 3.94. The highest BCUT2D eigenvalue weighted by molar-refractivity contribution is 5.81. The minimum Gasteiger partial charge on any atom is -0.484 e. The second-order valence-electron chi connectivity index (χ2n) is 9.09. The lowest BCUT2D eigenvalue weighted by molar-refractivity contribution is -0.135. The van der Waals surface area contributed by atoms with Crippen molar-refractivity contribution in [2.75, 3.05) is 0 Å². The Hall–Kier alpha value is -5.22. The average Bonchev–Trinajstić information content (AvgIpc) is 2.94. The van der Waals surface area contributed by atoms with Crippen LogP contribution in [0.5, 0.6) is 5.75 Å². The lowest BCUT2D eigenvalue weighted by Crippen LogP contribution is -2.57. The average molecular weight is 593 g/mol. The van der Waals surface area contributed by atoms with E-state index in [1.807, 2.05) is 0 Å². The molecule has 10 heteroatoms. The van der Waals surface area contributed by atoms with Crippen molar-refractivity contribution in [3.05, 3.63) is 128 Å². The van der Waals surface area contributed by atoms with Crippen LogP contribution in [0.15, 0.2) is 128 Å². The van der Waals surface area contributed by atoms with Gasteiger partial charge in [0.15, 0.2) is 0 Å². The zero-order chi connectivity index (χ0) is 32.0. The number of carbonyl (C=O) groups is 4. The van der Waals surface area contributed by atoms with E-state index in [9.17, 15) is 24.3 Å². The summed E-state index contributed by atoms with van der Waals surface area (Å²) in [6.07, 6.45) is 22.3. The van der Waals surface area contributed by atoms with Crippen LogP contribution >= 0.6 is 0 Å². The van der Waals surface area contributed by atoms with Gasteiger partial charge in [-0.3, -0.25) is 0 Å². The first-order chi connectivity index (χ1) is 20.5. The van der Waals surface area contributed by atoms with Crippen LogP contribution in [0.25, 0.3) is 0 Å². The molecule has 0 spiro atoms. The molecule has 0 amide bonds. The molecule has 0 saturated carbocycles. The predicted octanol–water partition coefficient (Wildman–Crippen LogP) is 5.27. The van der Waals surface area contributed by atoms with E-state index in [4.69, 9.17) is 25.2 Å². The van der Waals surface area contributed by atoms with Crippen LogP contribution in [0.2, 0.25) is 0 Å². The van der Waals surface area contributed by atoms with Gasteiger partial charge in [0.05, 0.1) is 0 Å². The molecule has 0 radical (unpaired) electrons. The molecule has 1 rings (SSSR count). The maximum atomic E-state index is 12.4. The van der Waals surface area contributed by atoms with Gasteiger partial charge in [0.25, 0.3) is 0 Å². The summed E-state index contributed by atoms with van der Waals surface area (Å²) in [5, 5.41) is 47.9. The molecule has 0 saturated heterocycles. The highest BCUT2D eigenvalue weighted by Crippen LogP contribution is 2.41. The fraction of sp³-hybridized carbons (Fsp3) is 0.212. The number of aliphatic hydroxyl groups is 1. The van der Waals surface area contributed by atoms with Crippen LogP contribution in [0.3, 0.4) is 0 Å². The third-order valence-corrected chi connectivity index (χ3v) is 5.92. The van der Waals surface area contributed by atoms with E-state index < -0.39 is 35.1 Å². The summed E-state index contributed by atoms with van der Waals surface area (Å²) in [6, 6.07) is 8.72. The summed E-state index contributed by atoms with van der Waals surface area (Å²) < 4.78 is 6.53. The van der Waals surface area contributed by atoms with Gasteiger partial charge in [-0.1, -0.05) is 91.1 Å². The number of hydrogen-bond acceptors (Lipinski definition) is 6. The van der Waals surface area contributed by atoms with Gasteiger partial charge >= 0.3 is 23.9 Å². The Kier molecular flexibility index (Phi) is 16.5. The standard InChI is InChI=1S/C33H36O10/c34-28(35)19-9-1-2-13-23-32(42,24-14-4-10-20-29(36)37)33(25-15-5-11-21-30(38)39,26-16-6-12-22-31(40)41)43-27-17-7-3-8-18-27/h1-12,14-22,42H,13,23-26H2,(H,34,35)(H,36,37)(H,38,39)(H,40,41). The molecule has 1 unspecified atom stereocenters. The second-order valence-corrected chi connectivity index (χ2v) is 9.09. The highest BCUT2D eigenvalue weighted by Gasteiger charge is 2.50. The number of rotatable bonds is 20. The van der Waals surface area contributed by atoms with Gasteiger partial charge in [-0.05, 0) is 31.4 Å². The second kappa shape index (κ2) is 19.8. The quantitative estimate of drug-likeness (QED) is 0.0989. The first-order valence-corrected chi connectivity index (χ1v) is 13.2. The zero-order valence-corrected chi connectivity index (χ0v) is 23.4. The zero-order valence-electron chi connectivity index (χ0n) is 23.4. The number of hydrogen-bond donors (Lipinski definition) is 5. The van der Waals surface area contributed by atoms with Crippen molar-refractivity contribution in [2.24, 2.45) is 0 Å². The van der Waals surface area contributed by atoms with E-state index in [-0.39, 0.29) is 25.7 Å². The topological polar surface area (TPSA) is 179 Å². The minimum atomic E-state index is -1.64. The normalized spacial score (nSPS) is 15.5. The molecule has 0 heterocycles. The van der Waals surface area contributed by atoms with Crippen LogP contribution in [-0.2, 0) is 19.2 Å². The molecule has 43 heavy (non-hydrogen) atoms. The predicted molar refractivity (Wildman–Crippen MR) is 161 cm³/mol. The summed E-state index contributed by atoms with van der Waals surface area (Å²) in [4.78, 5) is 43.5. The Balaban J connectivity index is 3.69. The molecule has 1 aromatic rings. The molecule has 1 aromatic carbocycles. The van der Waals surface area contributed by atoms with Crippen molar-refractivity contribution in [2.45, 2.75) is 43.3 Å². The maximum absolute atomic E-state index is 12.4. The van der Waals surface area contributed by atoms with E-state index in [2.05, 4.69) is 0 Å². The first kappa shape index (κ1) is 35.8. The number of aliphatic carboxylic acids is 4. The number of ether oxygens (including phenoxy) is 1. The first-order valence-electron chi connectivity index (χ1n) is 13.2. The molecular formula is C33H36O10. The van der Waals surface area contributed by atoms with Crippen molar-refractivity contribution in [3.8, 4) is 5.75 Å². The van der Waals surface area contributed by atoms with Gasteiger partial charge in [0, 0.05) is 37.1 Å². The number of benzene rings is 1. The van der Waals surface area contributed by atoms with Crippen molar-refractivity contribution in [3.63, 3.8) is 0 Å². The van der Waals surface area contributed by atoms with E-state index >= 15 is 0 Å². The summed E-state index contributed by atoms with van der Waals surface area (Å²) >= 11 is 0. The SMILES string of the molecule is O=C(O)C=CC=CCCC(O)(CC=CC=CC(=O)O)C(CC=CC=CC(=O)O)(CC=CC=CC(=O)O)Oc1ccccc1. The Morgan fingerprint density at radius 1 is 0.581 bits per heavy atom. The van der Waals surface area contributed by atoms with Crippen LogP contribution < -0.4 is 4.74 Å². The van der Waals surface area contributed by atoms with Crippen molar-refractivity contribution in [1.29, 1.82) is 0 Å². The lowest BCUT2D eigenvalue weighted by atomic mass is 9.72. The number of carboxylic acids is 4. The fourth-order valence-electron chi connectivity index (χ4n) is 3.94. The molecule has 0 fully saturated rings. The number of carboxylic acid groups (broad SMARTS) is 4. The molecule has 0 aliphatic carbocycles. The lowest BCUT2D eigenvalue weighted by Gasteiger charge is -2.46. The molecule has 1 atom stereocenters. The Morgan fingerprint density at radius 2 is 0.977 bits per heavy atom. The molecule has 0 aliphatic heterocycles. The summed E-state index contributed by atoms with van der Waals surface area (Å²) in [5.41, 5.74) is -3.04. The Labute approximate surface area is 249 Å². The van der Waals surface area contributed by atoms with Crippen LogP contribution in [0, 0.1) is 0 Å². The van der Waals surface area contributed by atoms with Gasteiger partial charge in [0.2, 0.25) is 0 Å². The van der Waals surface area contributed by atoms with Crippen LogP contribution in [-0.4, -0.2) is 60.6 Å². The van der Waals surface area contributed by atoms with Crippen molar-refractivity contribution < 1.29 is 49.4 Å². The largest absolute Gasteiger partial charge is 0.484 e. The Morgan fingerprint density at radius 3 is 1.40 bits per heavy atom. The molecule has 0 aliphatic rings. The van der Waals surface area contributed by atoms with Crippen LogP contribution in [0.4, 0.5) is 0 Å². The van der Waals surface area contributed by atoms with Crippen molar-refractivity contribution >= 4 is 23.9 Å². The third kappa shape index (κ3) is 15.4. The molecule has 10 nitrogen and oxygen atoms in total. The molecule has 0 bridgehead atoms. The van der Waals surface area contributed by atoms with E-state index in [0.717, 1.165) is 24.3 Å². The van der Waals surface area contributed by atoms with E-state index in [0.29, 0.717) is 12.2 Å². The smallest absolute Gasteiger partial charge is 0.328 e. The highest BCUT2D eigenvalue weighted by atomic mass is 16.5. The van der Waals surface area contributed by atoms with E-state index in [1.54, 1.807) is 54.6 Å². The third-order valence-electron chi connectivity index (χ3n) is 5.92. The van der Waals surface area contributed by atoms with Crippen LogP contribution in [0.1, 0.15) is 32.1 Å². The summed E-state index contributed by atoms with van der Waals surface area (Å²) in [5.74, 6) is -4.09. The molecule has 228 valence electrons. The Bertz CT molecular complexity index is 1260. The monoisotopic (exact) mass is 592 g/mol. The van der Waals surface area contributed by atoms with Gasteiger partial charge in [0.1, 0.15) is 17.0 Å². The molecule has 0 aromatic heterocycles. The van der Waals surface area contributed by atoms with Gasteiger partial charge in [-0.25, -0.2) is 19.2 Å². The summed E-state index contributed by atoms with van der Waals surface area (Å²) in [7, 11) is 0. The van der Waals surface area contributed by atoms with Crippen molar-refractivity contribution in [1.82, 2.24) is 0 Å². The van der Waals surface area contributed by atoms with Gasteiger partial charge in [-0.2, -0.15) is 0 Å². The van der Waals surface area contributed by atoms with Gasteiger partial charge in [-0.15, -0.1) is 0 Å². The number of para-hydroxylation sites is 1.